The largest absolute Gasteiger partial charge is 0.386 e. The van der Waals surface area contributed by atoms with E-state index in [0.29, 0.717) is 11.1 Å². The van der Waals surface area contributed by atoms with Gasteiger partial charge in [0, 0.05) is 10.5 Å². The first-order valence-corrected chi connectivity index (χ1v) is 4.70. The van der Waals surface area contributed by atoms with E-state index in [9.17, 15) is 9.59 Å². The van der Waals surface area contributed by atoms with E-state index in [0.717, 1.165) is 4.47 Å². The molecule has 0 amide bonds. The summed E-state index contributed by atoms with van der Waals surface area (Å²) in [5.41, 5.74) is 0.978. The van der Waals surface area contributed by atoms with Crippen LogP contribution in [-0.4, -0.2) is 11.9 Å². The average Bonchev–Trinajstić information content (AvgIpc) is 2.45. The van der Waals surface area contributed by atoms with Crippen LogP contribution in [-0.2, 0) is 14.3 Å². The van der Waals surface area contributed by atoms with Crippen LogP contribution in [0.5, 0.6) is 0 Å². The molecule has 0 bridgehead atoms. The SMILES string of the molecule is O=C1C=C(c2cccc(Br)c2)C(=O)O1. The second kappa shape index (κ2) is 3.38. The average molecular weight is 253 g/mol. The maximum absolute atomic E-state index is 11.2. The molecule has 1 heterocycles. The number of benzene rings is 1. The molecule has 3 nitrogen and oxygen atoms in total. The predicted octanol–water partition coefficient (Wildman–Crippen LogP) is 1.92. The van der Waals surface area contributed by atoms with Gasteiger partial charge in [-0.2, -0.15) is 0 Å². The van der Waals surface area contributed by atoms with Crippen molar-refractivity contribution < 1.29 is 14.3 Å². The molecular formula is C10H5BrO3. The number of halogens is 1. The summed E-state index contributed by atoms with van der Waals surface area (Å²) in [7, 11) is 0. The van der Waals surface area contributed by atoms with Crippen LogP contribution in [0.4, 0.5) is 0 Å². The van der Waals surface area contributed by atoms with Gasteiger partial charge in [-0.05, 0) is 17.7 Å². The van der Waals surface area contributed by atoms with Crippen molar-refractivity contribution in [3.8, 4) is 0 Å². The molecule has 0 aliphatic carbocycles. The summed E-state index contributed by atoms with van der Waals surface area (Å²) in [6, 6.07) is 7.13. The van der Waals surface area contributed by atoms with Crippen LogP contribution in [0.2, 0.25) is 0 Å². The Hall–Kier alpha value is -1.42. The summed E-state index contributed by atoms with van der Waals surface area (Å²) >= 11 is 3.28. The van der Waals surface area contributed by atoms with Gasteiger partial charge in [-0.3, -0.25) is 0 Å². The van der Waals surface area contributed by atoms with E-state index in [4.69, 9.17) is 0 Å². The highest BCUT2D eigenvalue weighted by Gasteiger charge is 2.24. The van der Waals surface area contributed by atoms with E-state index in [2.05, 4.69) is 20.7 Å². The van der Waals surface area contributed by atoms with Crippen LogP contribution < -0.4 is 0 Å². The molecular weight excluding hydrogens is 248 g/mol. The van der Waals surface area contributed by atoms with E-state index in [1.807, 2.05) is 6.07 Å². The molecule has 1 aliphatic rings. The molecule has 4 heteroatoms. The van der Waals surface area contributed by atoms with Gasteiger partial charge >= 0.3 is 11.9 Å². The Morgan fingerprint density at radius 2 is 2.00 bits per heavy atom. The number of rotatable bonds is 1. The van der Waals surface area contributed by atoms with Crippen molar-refractivity contribution in [3.05, 3.63) is 40.4 Å². The molecule has 14 heavy (non-hydrogen) atoms. The lowest BCUT2D eigenvalue weighted by Gasteiger charge is -1.98. The monoisotopic (exact) mass is 252 g/mol. The first kappa shape index (κ1) is 9.15. The summed E-state index contributed by atoms with van der Waals surface area (Å²) in [5, 5.41) is 0. The molecule has 1 aromatic carbocycles. The number of hydrogen-bond donors (Lipinski definition) is 0. The highest BCUT2D eigenvalue weighted by molar-refractivity contribution is 9.10. The Morgan fingerprint density at radius 1 is 1.21 bits per heavy atom. The van der Waals surface area contributed by atoms with Crippen molar-refractivity contribution in [2.24, 2.45) is 0 Å². The second-order valence-electron chi connectivity index (χ2n) is 2.78. The maximum atomic E-state index is 11.2. The molecule has 0 atom stereocenters. The maximum Gasteiger partial charge on any atom is 0.346 e. The minimum Gasteiger partial charge on any atom is -0.386 e. The lowest BCUT2D eigenvalue weighted by atomic mass is 10.1. The smallest absolute Gasteiger partial charge is 0.346 e. The summed E-state index contributed by atoms with van der Waals surface area (Å²) in [5.74, 6) is -1.20. The third-order valence-electron chi connectivity index (χ3n) is 1.81. The number of carbonyl (C=O) groups excluding carboxylic acids is 2. The Bertz CT molecular complexity index is 448. The van der Waals surface area contributed by atoms with Gasteiger partial charge < -0.3 is 4.74 Å². The number of cyclic esters (lactones) is 2. The molecule has 70 valence electrons. The quantitative estimate of drug-likeness (QED) is 0.567. The molecule has 0 saturated carbocycles. The molecule has 0 unspecified atom stereocenters. The third kappa shape index (κ3) is 1.61. The normalized spacial score (nSPS) is 15.4. The minimum absolute atomic E-state index is 0.302. The fourth-order valence-electron chi connectivity index (χ4n) is 1.21. The van der Waals surface area contributed by atoms with Gasteiger partial charge in [0.15, 0.2) is 0 Å². The van der Waals surface area contributed by atoms with Crippen molar-refractivity contribution in [2.75, 3.05) is 0 Å². The zero-order valence-corrected chi connectivity index (χ0v) is 8.58. The van der Waals surface area contributed by atoms with E-state index in [-0.39, 0.29) is 0 Å². The van der Waals surface area contributed by atoms with Crippen molar-refractivity contribution >= 4 is 33.4 Å². The van der Waals surface area contributed by atoms with Gasteiger partial charge in [-0.15, -0.1) is 0 Å². The van der Waals surface area contributed by atoms with Gasteiger partial charge in [0.05, 0.1) is 5.57 Å². The molecule has 0 spiro atoms. The van der Waals surface area contributed by atoms with Crippen molar-refractivity contribution in [1.82, 2.24) is 0 Å². The molecule has 0 radical (unpaired) electrons. The molecule has 2 rings (SSSR count). The standard InChI is InChI=1S/C10H5BrO3/c11-7-3-1-2-6(4-7)8-5-9(12)14-10(8)13/h1-5H. The Morgan fingerprint density at radius 3 is 2.57 bits per heavy atom. The van der Waals surface area contributed by atoms with Crippen molar-refractivity contribution in [1.29, 1.82) is 0 Å². The van der Waals surface area contributed by atoms with Gasteiger partial charge in [-0.25, -0.2) is 9.59 Å². The van der Waals surface area contributed by atoms with E-state index >= 15 is 0 Å². The summed E-state index contributed by atoms with van der Waals surface area (Å²) in [6.07, 6.45) is 1.20. The number of carbonyl (C=O) groups is 2. The van der Waals surface area contributed by atoms with Crippen LogP contribution in [0.1, 0.15) is 5.56 Å². The zero-order chi connectivity index (χ0) is 10.1. The van der Waals surface area contributed by atoms with Gasteiger partial charge in [-0.1, -0.05) is 28.1 Å². The lowest BCUT2D eigenvalue weighted by molar-refractivity contribution is -0.149. The molecule has 0 N–H and O–H groups in total. The van der Waals surface area contributed by atoms with Crippen LogP contribution >= 0.6 is 15.9 Å². The summed E-state index contributed by atoms with van der Waals surface area (Å²) < 4.78 is 5.23. The molecule has 0 saturated heterocycles. The molecule has 1 aromatic rings. The van der Waals surface area contributed by atoms with Crippen LogP contribution in [0.3, 0.4) is 0 Å². The highest BCUT2D eigenvalue weighted by atomic mass is 79.9. The van der Waals surface area contributed by atoms with Gasteiger partial charge in [0.25, 0.3) is 0 Å². The second-order valence-corrected chi connectivity index (χ2v) is 3.69. The summed E-state index contributed by atoms with van der Waals surface area (Å²) in [4.78, 5) is 22.0. The number of esters is 2. The summed E-state index contributed by atoms with van der Waals surface area (Å²) in [6.45, 7) is 0. The van der Waals surface area contributed by atoms with Crippen molar-refractivity contribution in [3.63, 3.8) is 0 Å². The molecule has 1 aliphatic heterocycles. The van der Waals surface area contributed by atoms with E-state index < -0.39 is 11.9 Å². The predicted molar refractivity (Wildman–Crippen MR) is 53.2 cm³/mol. The molecule has 0 fully saturated rings. The van der Waals surface area contributed by atoms with Crippen molar-refractivity contribution in [2.45, 2.75) is 0 Å². The van der Waals surface area contributed by atoms with Gasteiger partial charge in [0.2, 0.25) is 0 Å². The lowest BCUT2D eigenvalue weighted by Crippen LogP contribution is -2.01. The Balaban J connectivity index is 2.45. The fraction of sp³-hybridized carbons (Fsp3) is 0. The van der Waals surface area contributed by atoms with E-state index in [1.54, 1.807) is 18.2 Å². The highest BCUT2D eigenvalue weighted by Crippen LogP contribution is 2.23. The first-order chi connectivity index (χ1) is 6.66. The number of ether oxygens (including phenoxy) is 1. The zero-order valence-electron chi connectivity index (χ0n) is 6.99. The molecule has 0 aromatic heterocycles. The number of hydrogen-bond acceptors (Lipinski definition) is 3. The van der Waals surface area contributed by atoms with Crippen LogP contribution in [0, 0.1) is 0 Å². The van der Waals surface area contributed by atoms with E-state index in [1.165, 1.54) is 6.08 Å². The topological polar surface area (TPSA) is 43.4 Å². The Labute approximate surface area is 88.5 Å². The Kier molecular flexibility index (Phi) is 2.21. The third-order valence-corrected chi connectivity index (χ3v) is 2.30. The van der Waals surface area contributed by atoms with Crippen LogP contribution in [0.25, 0.3) is 5.57 Å². The van der Waals surface area contributed by atoms with Gasteiger partial charge in [0.1, 0.15) is 0 Å². The fourth-order valence-corrected chi connectivity index (χ4v) is 1.61. The minimum atomic E-state index is -0.607. The first-order valence-electron chi connectivity index (χ1n) is 3.90. The van der Waals surface area contributed by atoms with Crippen LogP contribution in [0.15, 0.2) is 34.8 Å².